The minimum absolute atomic E-state index is 0.0134. The number of rotatable bonds is 9. The van der Waals surface area contributed by atoms with Crippen LogP contribution in [-0.4, -0.2) is 26.7 Å². The topological polar surface area (TPSA) is 80.6 Å². The first-order valence-electron chi connectivity index (χ1n) is 8.99. The minimum atomic E-state index is -0.489. The summed E-state index contributed by atoms with van der Waals surface area (Å²) in [6, 6.07) is 14.1. The zero-order chi connectivity index (χ0) is 20.4. The lowest BCUT2D eigenvalue weighted by Crippen LogP contribution is -2.13. The van der Waals surface area contributed by atoms with Gasteiger partial charge in [-0.3, -0.25) is 4.79 Å². The van der Waals surface area contributed by atoms with Crippen molar-refractivity contribution < 1.29 is 19.0 Å². The van der Waals surface area contributed by atoms with Crippen LogP contribution in [0.1, 0.15) is 25.3 Å². The quantitative estimate of drug-likeness (QED) is 0.395. The zero-order valence-corrected chi connectivity index (χ0v) is 16.3. The molecular formula is C22H24N2O4. The number of anilines is 1. The van der Waals surface area contributed by atoms with E-state index in [1.807, 2.05) is 6.07 Å². The van der Waals surface area contributed by atoms with E-state index in [4.69, 9.17) is 14.2 Å². The zero-order valence-electron chi connectivity index (χ0n) is 16.3. The molecule has 146 valence electrons. The maximum Gasteiger partial charge on any atom is 0.266 e. The van der Waals surface area contributed by atoms with Gasteiger partial charge in [0.2, 0.25) is 0 Å². The fourth-order valence-electron chi connectivity index (χ4n) is 2.41. The summed E-state index contributed by atoms with van der Waals surface area (Å²) in [5, 5.41) is 12.1. The van der Waals surface area contributed by atoms with Crippen molar-refractivity contribution in [3.63, 3.8) is 0 Å². The largest absolute Gasteiger partial charge is 0.497 e. The van der Waals surface area contributed by atoms with Crippen LogP contribution in [-0.2, 0) is 4.79 Å². The summed E-state index contributed by atoms with van der Waals surface area (Å²) in [4.78, 5) is 12.4. The third kappa shape index (κ3) is 5.78. The number of carbonyl (C=O) groups excluding carboxylic acids is 1. The highest BCUT2D eigenvalue weighted by Gasteiger charge is 2.11. The Morgan fingerprint density at radius 3 is 2.46 bits per heavy atom. The van der Waals surface area contributed by atoms with Crippen molar-refractivity contribution in [2.45, 2.75) is 19.8 Å². The van der Waals surface area contributed by atoms with E-state index in [0.717, 1.165) is 12.8 Å². The van der Waals surface area contributed by atoms with E-state index in [1.54, 1.807) is 56.7 Å². The van der Waals surface area contributed by atoms with Gasteiger partial charge in [-0.25, -0.2) is 0 Å². The van der Waals surface area contributed by atoms with Crippen molar-refractivity contribution in [3.05, 3.63) is 53.6 Å². The molecule has 0 aromatic heterocycles. The molecule has 0 heterocycles. The summed E-state index contributed by atoms with van der Waals surface area (Å²) in [7, 11) is 3.14. The van der Waals surface area contributed by atoms with Crippen LogP contribution in [0.4, 0.5) is 5.69 Å². The molecule has 6 nitrogen and oxygen atoms in total. The van der Waals surface area contributed by atoms with Crippen LogP contribution in [0.25, 0.3) is 6.08 Å². The maximum absolute atomic E-state index is 12.4. The molecular weight excluding hydrogens is 356 g/mol. The Labute approximate surface area is 165 Å². The number of hydrogen-bond acceptors (Lipinski definition) is 5. The van der Waals surface area contributed by atoms with Gasteiger partial charge in [-0.2, -0.15) is 5.26 Å². The molecule has 0 radical (unpaired) electrons. The summed E-state index contributed by atoms with van der Waals surface area (Å²) in [5.74, 6) is 1.38. The first kappa shape index (κ1) is 20.8. The number of nitrogens with zero attached hydrogens (tertiary/aromatic N) is 1. The molecule has 0 bridgehead atoms. The number of amides is 1. The molecule has 0 saturated carbocycles. The van der Waals surface area contributed by atoms with E-state index in [0.29, 0.717) is 35.1 Å². The highest BCUT2D eigenvalue weighted by atomic mass is 16.5. The molecule has 0 fully saturated rings. The third-order valence-electron chi connectivity index (χ3n) is 3.97. The van der Waals surface area contributed by atoms with Gasteiger partial charge in [-0.1, -0.05) is 19.4 Å². The molecule has 0 spiro atoms. The average molecular weight is 380 g/mol. The van der Waals surface area contributed by atoms with Gasteiger partial charge < -0.3 is 19.5 Å². The first-order valence-corrected chi connectivity index (χ1v) is 8.99. The summed E-state index contributed by atoms with van der Waals surface area (Å²) >= 11 is 0. The Morgan fingerprint density at radius 1 is 1.11 bits per heavy atom. The van der Waals surface area contributed by atoms with Crippen molar-refractivity contribution >= 4 is 17.7 Å². The van der Waals surface area contributed by atoms with Crippen molar-refractivity contribution in [2.24, 2.45) is 0 Å². The first-order chi connectivity index (χ1) is 13.6. The summed E-state index contributed by atoms with van der Waals surface area (Å²) in [6.07, 6.45) is 3.47. The second-order valence-electron chi connectivity index (χ2n) is 5.96. The van der Waals surface area contributed by atoms with E-state index in [1.165, 1.54) is 6.08 Å². The van der Waals surface area contributed by atoms with Crippen LogP contribution in [0, 0.1) is 11.3 Å². The molecule has 0 unspecified atom stereocenters. The molecule has 0 saturated heterocycles. The number of ether oxygens (including phenoxy) is 3. The molecule has 28 heavy (non-hydrogen) atoms. The van der Waals surface area contributed by atoms with Gasteiger partial charge in [0.25, 0.3) is 5.91 Å². The Kier molecular flexibility index (Phi) is 7.92. The van der Waals surface area contributed by atoms with Gasteiger partial charge in [0.15, 0.2) is 11.5 Å². The molecule has 2 rings (SSSR count). The predicted octanol–water partition coefficient (Wildman–Crippen LogP) is 4.43. The minimum Gasteiger partial charge on any atom is -0.497 e. The number of methoxy groups -OCH3 is 2. The van der Waals surface area contributed by atoms with E-state index in [2.05, 4.69) is 12.2 Å². The van der Waals surface area contributed by atoms with Gasteiger partial charge in [-0.05, 0) is 54.5 Å². The van der Waals surface area contributed by atoms with Gasteiger partial charge in [-0.15, -0.1) is 0 Å². The standard InChI is InChI=1S/C22H24N2O4/c1-4-5-12-28-21-14-16(6-11-20(21)27-3)13-17(15-23)22(25)24-18-7-9-19(26-2)10-8-18/h6-11,13-14H,4-5,12H2,1-3H3,(H,24,25)/b17-13+. The second kappa shape index (κ2) is 10.6. The monoisotopic (exact) mass is 380 g/mol. The third-order valence-corrected chi connectivity index (χ3v) is 3.97. The number of hydrogen-bond donors (Lipinski definition) is 1. The van der Waals surface area contributed by atoms with Crippen molar-refractivity contribution in [1.29, 1.82) is 5.26 Å². The average Bonchev–Trinajstić information content (AvgIpc) is 2.72. The van der Waals surface area contributed by atoms with Crippen LogP contribution in [0.15, 0.2) is 48.0 Å². The summed E-state index contributed by atoms with van der Waals surface area (Å²) in [6.45, 7) is 2.66. The molecule has 2 aromatic rings. The lowest BCUT2D eigenvalue weighted by Gasteiger charge is -2.11. The Morgan fingerprint density at radius 2 is 1.86 bits per heavy atom. The predicted molar refractivity (Wildman–Crippen MR) is 109 cm³/mol. The van der Waals surface area contributed by atoms with Crippen molar-refractivity contribution in [3.8, 4) is 23.3 Å². The van der Waals surface area contributed by atoms with E-state index >= 15 is 0 Å². The molecule has 1 N–H and O–H groups in total. The number of benzene rings is 2. The fourth-order valence-corrected chi connectivity index (χ4v) is 2.41. The smallest absolute Gasteiger partial charge is 0.266 e. The van der Waals surface area contributed by atoms with E-state index < -0.39 is 5.91 Å². The van der Waals surface area contributed by atoms with E-state index in [9.17, 15) is 10.1 Å². The Balaban J connectivity index is 2.18. The van der Waals surface area contributed by atoms with Crippen LogP contribution in [0.3, 0.4) is 0 Å². The number of unbranched alkanes of at least 4 members (excludes halogenated alkanes) is 1. The summed E-state index contributed by atoms with van der Waals surface area (Å²) in [5.41, 5.74) is 1.24. The second-order valence-corrected chi connectivity index (χ2v) is 5.96. The highest BCUT2D eigenvalue weighted by Crippen LogP contribution is 2.29. The normalized spacial score (nSPS) is 10.7. The lowest BCUT2D eigenvalue weighted by molar-refractivity contribution is -0.112. The van der Waals surface area contributed by atoms with Gasteiger partial charge >= 0.3 is 0 Å². The molecule has 6 heteroatoms. The van der Waals surface area contributed by atoms with Crippen LogP contribution in [0.5, 0.6) is 17.2 Å². The van der Waals surface area contributed by atoms with Gasteiger partial charge in [0.05, 0.1) is 20.8 Å². The van der Waals surface area contributed by atoms with Crippen LogP contribution in [0.2, 0.25) is 0 Å². The molecule has 0 aliphatic carbocycles. The molecule has 1 amide bonds. The Bertz CT molecular complexity index is 867. The number of carbonyl (C=O) groups is 1. The maximum atomic E-state index is 12.4. The molecule has 0 atom stereocenters. The number of nitriles is 1. The molecule has 0 aliphatic heterocycles. The SMILES string of the molecule is CCCCOc1cc(/C=C(\C#N)C(=O)Nc2ccc(OC)cc2)ccc1OC. The Hall–Kier alpha value is -3.46. The van der Waals surface area contributed by atoms with Gasteiger partial charge in [0, 0.05) is 5.69 Å². The highest BCUT2D eigenvalue weighted by molar-refractivity contribution is 6.09. The van der Waals surface area contributed by atoms with E-state index in [-0.39, 0.29) is 5.57 Å². The molecule has 2 aromatic carbocycles. The van der Waals surface area contributed by atoms with Crippen LogP contribution < -0.4 is 19.5 Å². The van der Waals surface area contributed by atoms with Crippen LogP contribution >= 0.6 is 0 Å². The molecule has 0 aliphatic rings. The van der Waals surface area contributed by atoms with Gasteiger partial charge in [0.1, 0.15) is 17.4 Å². The lowest BCUT2D eigenvalue weighted by atomic mass is 10.1. The number of nitrogens with one attached hydrogen (secondary N) is 1. The summed E-state index contributed by atoms with van der Waals surface area (Å²) < 4.78 is 16.1. The van der Waals surface area contributed by atoms with Crippen molar-refractivity contribution in [1.82, 2.24) is 0 Å². The fraction of sp³-hybridized carbons (Fsp3) is 0.273. The van der Waals surface area contributed by atoms with Crippen molar-refractivity contribution in [2.75, 3.05) is 26.1 Å².